The minimum absolute atomic E-state index is 0.000149. The van der Waals surface area contributed by atoms with Crippen LogP contribution in [-0.2, 0) is 6.61 Å². The smallest absolute Gasteiger partial charge is 0.248 e. The topological polar surface area (TPSA) is 78.3 Å². The fourth-order valence-corrected chi connectivity index (χ4v) is 1.89. The van der Waals surface area contributed by atoms with Gasteiger partial charge in [0.25, 0.3) is 0 Å². The van der Waals surface area contributed by atoms with Crippen LogP contribution in [0, 0.1) is 5.82 Å². The Balaban J connectivity index is 2.07. The second kappa shape index (κ2) is 6.32. The molecule has 4 N–H and O–H groups in total. The van der Waals surface area contributed by atoms with Gasteiger partial charge in [0.1, 0.15) is 23.2 Å². The first kappa shape index (κ1) is 14.9. The van der Waals surface area contributed by atoms with Gasteiger partial charge >= 0.3 is 0 Å². The minimum atomic E-state index is -0.499. The molecule has 2 aromatic carbocycles. The number of hydrogen-bond donors (Lipinski definition) is 2. The molecule has 0 heterocycles. The lowest BCUT2D eigenvalue weighted by Crippen LogP contribution is -2.12. The quantitative estimate of drug-likeness (QED) is 0.830. The monoisotopic (exact) mass is 304 g/mol. The Hall–Kier alpha value is -2.47. The highest BCUT2D eigenvalue weighted by Crippen LogP contribution is 2.16. The zero-order valence-electron chi connectivity index (χ0n) is 11.0. The van der Waals surface area contributed by atoms with Crippen LogP contribution in [0.15, 0.2) is 42.5 Å². The van der Waals surface area contributed by atoms with Crippen molar-refractivity contribution in [1.82, 2.24) is 0 Å². The second-order valence-corrected chi connectivity index (χ2v) is 4.80. The van der Waals surface area contributed by atoms with Crippen molar-refractivity contribution in [3.63, 3.8) is 0 Å². The van der Waals surface area contributed by atoms with Gasteiger partial charge in [0.2, 0.25) is 5.91 Å². The van der Waals surface area contributed by atoms with Gasteiger partial charge in [-0.25, -0.2) is 4.39 Å². The molecule has 2 aromatic rings. The molecule has 0 atom stereocenters. The highest BCUT2D eigenvalue weighted by Gasteiger charge is 2.07. The van der Waals surface area contributed by atoms with Gasteiger partial charge in [-0.15, -0.1) is 0 Å². The summed E-state index contributed by atoms with van der Waals surface area (Å²) >= 11 is 4.78. The summed E-state index contributed by atoms with van der Waals surface area (Å²) in [5, 5.41) is 0. The van der Waals surface area contributed by atoms with E-state index in [-0.39, 0.29) is 17.2 Å². The van der Waals surface area contributed by atoms with Gasteiger partial charge < -0.3 is 16.2 Å². The molecular weight excluding hydrogens is 291 g/mol. The molecular formula is C15H13FN2O2S. The van der Waals surface area contributed by atoms with Gasteiger partial charge in [0.15, 0.2) is 0 Å². The first-order valence-corrected chi connectivity index (χ1v) is 6.49. The van der Waals surface area contributed by atoms with E-state index in [0.717, 1.165) is 5.56 Å². The number of nitrogens with two attached hydrogens (primary N) is 2. The van der Waals surface area contributed by atoms with Gasteiger partial charge in [-0.05, 0) is 42.0 Å². The molecule has 21 heavy (non-hydrogen) atoms. The van der Waals surface area contributed by atoms with Crippen molar-refractivity contribution in [2.45, 2.75) is 6.61 Å². The van der Waals surface area contributed by atoms with Crippen molar-refractivity contribution in [2.75, 3.05) is 0 Å². The van der Waals surface area contributed by atoms with E-state index in [0.29, 0.717) is 11.3 Å². The lowest BCUT2D eigenvalue weighted by atomic mass is 10.1. The zero-order valence-corrected chi connectivity index (χ0v) is 11.8. The number of thiocarbonyl (C=S) groups is 1. The molecule has 0 aliphatic heterocycles. The summed E-state index contributed by atoms with van der Waals surface area (Å²) in [6.45, 7) is 0.228. The molecule has 0 radical (unpaired) electrons. The largest absolute Gasteiger partial charge is 0.489 e. The standard InChI is InChI=1S/C15H13FN2O2S/c16-13-6-1-9(7-12(13)15(18)21)8-20-11-4-2-10(3-5-11)14(17)19/h1-7H,8H2,(H2,17,19)(H2,18,21). The molecule has 2 rings (SSSR count). The summed E-state index contributed by atoms with van der Waals surface area (Å²) in [6.07, 6.45) is 0. The number of carbonyl (C=O) groups excluding carboxylic acids is 1. The van der Waals surface area contributed by atoms with Crippen molar-refractivity contribution < 1.29 is 13.9 Å². The van der Waals surface area contributed by atoms with Gasteiger partial charge in [-0.2, -0.15) is 0 Å². The van der Waals surface area contributed by atoms with Gasteiger partial charge in [0.05, 0.1) is 0 Å². The summed E-state index contributed by atoms with van der Waals surface area (Å²) in [5.74, 6) is -0.389. The fourth-order valence-electron chi connectivity index (χ4n) is 1.73. The molecule has 0 spiro atoms. The van der Waals surface area contributed by atoms with Crippen molar-refractivity contribution in [1.29, 1.82) is 0 Å². The molecule has 0 aromatic heterocycles. The summed E-state index contributed by atoms with van der Waals surface area (Å²) in [7, 11) is 0. The third kappa shape index (κ3) is 3.76. The van der Waals surface area contributed by atoms with Crippen LogP contribution in [0.25, 0.3) is 0 Å². The van der Waals surface area contributed by atoms with Crippen molar-refractivity contribution in [3.8, 4) is 5.75 Å². The Morgan fingerprint density at radius 1 is 1.14 bits per heavy atom. The molecule has 0 saturated carbocycles. The van der Waals surface area contributed by atoms with Crippen LogP contribution in [0.1, 0.15) is 21.5 Å². The number of rotatable bonds is 5. The molecule has 108 valence electrons. The van der Waals surface area contributed by atoms with Crippen LogP contribution in [0.2, 0.25) is 0 Å². The van der Waals surface area contributed by atoms with Gasteiger partial charge in [0, 0.05) is 11.1 Å². The highest BCUT2D eigenvalue weighted by atomic mass is 32.1. The number of benzene rings is 2. The minimum Gasteiger partial charge on any atom is -0.489 e. The van der Waals surface area contributed by atoms with Crippen LogP contribution in [-0.4, -0.2) is 10.9 Å². The van der Waals surface area contributed by atoms with Crippen LogP contribution >= 0.6 is 12.2 Å². The predicted octanol–water partition coefficient (Wildman–Crippen LogP) is 2.14. The molecule has 0 bridgehead atoms. The van der Waals surface area contributed by atoms with Crippen LogP contribution in [0.5, 0.6) is 5.75 Å². The molecule has 4 nitrogen and oxygen atoms in total. The average molecular weight is 304 g/mol. The molecule has 0 aliphatic rings. The normalized spacial score (nSPS) is 10.1. The van der Waals surface area contributed by atoms with E-state index < -0.39 is 11.7 Å². The summed E-state index contributed by atoms with van der Waals surface area (Å²) < 4.78 is 19.0. The molecule has 0 saturated heterocycles. The number of carbonyl (C=O) groups is 1. The molecule has 0 unspecified atom stereocenters. The number of amides is 1. The Morgan fingerprint density at radius 3 is 2.38 bits per heavy atom. The lowest BCUT2D eigenvalue weighted by molar-refractivity contribution is 0.1000. The van der Waals surface area contributed by atoms with E-state index in [1.165, 1.54) is 6.07 Å². The van der Waals surface area contributed by atoms with E-state index >= 15 is 0 Å². The first-order valence-electron chi connectivity index (χ1n) is 6.08. The van der Waals surface area contributed by atoms with E-state index in [4.69, 9.17) is 28.4 Å². The highest BCUT2D eigenvalue weighted by molar-refractivity contribution is 7.80. The summed E-state index contributed by atoms with van der Waals surface area (Å²) in [6, 6.07) is 10.9. The third-order valence-electron chi connectivity index (χ3n) is 2.84. The Bertz CT molecular complexity index is 687. The number of ether oxygens (including phenoxy) is 1. The Labute approximate surface area is 126 Å². The Kier molecular flexibility index (Phi) is 4.49. The second-order valence-electron chi connectivity index (χ2n) is 4.36. The maximum absolute atomic E-state index is 13.5. The lowest BCUT2D eigenvalue weighted by Gasteiger charge is -2.08. The third-order valence-corrected chi connectivity index (χ3v) is 3.06. The van der Waals surface area contributed by atoms with Crippen LogP contribution in [0.4, 0.5) is 4.39 Å². The summed E-state index contributed by atoms with van der Waals surface area (Å²) in [4.78, 5) is 10.9. The van der Waals surface area contributed by atoms with Crippen LogP contribution in [0.3, 0.4) is 0 Å². The number of primary amides is 1. The van der Waals surface area contributed by atoms with Crippen molar-refractivity contribution >= 4 is 23.1 Å². The maximum atomic E-state index is 13.5. The molecule has 0 fully saturated rings. The number of hydrogen-bond acceptors (Lipinski definition) is 3. The van der Waals surface area contributed by atoms with E-state index in [2.05, 4.69) is 0 Å². The molecule has 0 aliphatic carbocycles. The fraction of sp³-hybridized carbons (Fsp3) is 0.0667. The predicted molar refractivity (Wildman–Crippen MR) is 81.6 cm³/mol. The number of halogens is 1. The van der Waals surface area contributed by atoms with E-state index in [9.17, 15) is 9.18 Å². The molecule has 1 amide bonds. The van der Waals surface area contributed by atoms with E-state index in [1.807, 2.05) is 0 Å². The first-order chi connectivity index (χ1) is 9.97. The van der Waals surface area contributed by atoms with Gasteiger partial charge in [-0.1, -0.05) is 18.3 Å². The van der Waals surface area contributed by atoms with Crippen molar-refractivity contribution in [2.24, 2.45) is 11.5 Å². The van der Waals surface area contributed by atoms with Gasteiger partial charge in [-0.3, -0.25) is 4.79 Å². The Morgan fingerprint density at radius 2 is 1.81 bits per heavy atom. The summed E-state index contributed by atoms with van der Waals surface area (Å²) in [5.41, 5.74) is 11.9. The molecule has 6 heteroatoms. The zero-order chi connectivity index (χ0) is 15.4. The van der Waals surface area contributed by atoms with E-state index in [1.54, 1.807) is 36.4 Å². The SMILES string of the molecule is NC(=O)c1ccc(OCc2ccc(F)c(C(N)=S)c2)cc1. The van der Waals surface area contributed by atoms with Crippen molar-refractivity contribution in [3.05, 3.63) is 65.0 Å². The average Bonchev–Trinajstić information content (AvgIpc) is 2.46. The maximum Gasteiger partial charge on any atom is 0.248 e. The van der Waals surface area contributed by atoms with Crippen LogP contribution < -0.4 is 16.2 Å².